The molecule has 1 saturated heterocycles. The quantitative estimate of drug-likeness (QED) is 0.753. The van der Waals surface area contributed by atoms with Gasteiger partial charge in [-0.25, -0.2) is 0 Å². The van der Waals surface area contributed by atoms with E-state index < -0.39 is 0 Å². The Morgan fingerprint density at radius 2 is 1.81 bits per heavy atom. The molecule has 2 aliphatic rings. The Morgan fingerprint density at radius 3 is 2.46 bits per heavy atom. The highest BCUT2D eigenvalue weighted by Gasteiger charge is 2.31. The summed E-state index contributed by atoms with van der Waals surface area (Å²) >= 11 is 1.51. The third-order valence-electron chi connectivity index (χ3n) is 5.16. The van der Waals surface area contributed by atoms with Gasteiger partial charge in [-0.2, -0.15) is 0 Å². The van der Waals surface area contributed by atoms with Gasteiger partial charge >= 0.3 is 0 Å². The van der Waals surface area contributed by atoms with Crippen LogP contribution in [-0.2, 0) is 4.79 Å². The fourth-order valence-electron chi connectivity index (χ4n) is 3.88. The van der Waals surface area contributed by atoms with Crippen LogP contribution in [0.2, 0.25) is 0 Å². The lowest BCUT2D eigenvalue weighted by Gasteiger charge is -2.34. The first kappa shape index (κ1) is 17.6. The van der Waals surface area contributed by atoms with Crippen LogP contribution >= 0.6 is 11.8 Å². The summed E-state index contributed by atoms with van der Waals surface area (Å²) in [6.45, 7) is 6.22. The average Bonchev–Trinajstić information content (AvgIpc) is 3.39. The molecule has 0 N–H and O–H groups in total. The van der Waals surface area contributed by atoms with E-state index in [-0.39, 0.29) is 5.91 Å². The van der Waals surface area contributed by atoms with Crippen LogP contribution in [0.3, 0.4) is 0 Å². The number of carbonyl (C=O) groups is 1. The molecule has 1 aromatic heterocycles. The number of nitrogens with zero attached hydrogens (tertiary/aromatic N) is 4. The van der Waals surface area contributed by atoms with Gasteiger partial charge < -0.3 is 4.90 Å². The van der Waals surface area contributed by atoms with Crippen molar-refractivity contribution < 1.29 is 4.79 Å². The van der Waals surface area contributed by atoms with Crippen molar-refractivity contribution in [3.05, 3.63) is 36.2 Å². The Labute approximate surface area is 159 Å². The van der Waals surface area contributed by atoms with Gasteiger partial charge in [0.25, 0.3) is 0 Å². The van der Waals surface area contributed by atoms with Crippen molar-refractivity contribution in [1.29, 1.82) is 0 Å². The SMILES string of the molecule is CC1CC(C)CN(C(=O)CSc2nnc(C3CC3)n2-c2ccccc2)C1. The Kier molecular flexibility index (Phi) is 5.02. The number of likely N-dealkylation sites (tertiary alicyclic amines) is 1. The molecule has 2 atom stereocenters. The van der Waals surface area contributed by atoms with Crippen LogP contribution in [0.25, 0.3) is 5.69 Å². The van der Waals surface area contributed by atoms with E-state index in [9.17, 15) is 4.79 Å². The molecule has 1 aliphatic carbocycles. The molecule has 0 spiro atoms. The maximum absolute atomic E-state index is 12.7. The molecule has 1 amide bonds. The van der Waals surface area contributed by atoms with E-state index in [1.807, 2.05) is 23.1 Å². The molecular weight excluding hydrogens is 344 g/mol. The lowest BCUT2D eigenvalue weighted by Crippen LogP contribution is -2.43. The van der Waals surface area contributed by atoms with Gasteiger partial charge in [0.1, 0.15) is 5.82 Å². The Hall–Kier alpha value is -1.82. The molecule has 1 saturated carbocycles. The number of thioether (sulfide) groups is 1. The van der Waals surface area contributed by atoms with Gasteiger partial charge in [0.2, 0.25) is 5.91 Å². The normalized spacial score (nSPS) is 23.2. The van der Waals surface area contributed by atoms with Crippen molar-refractivity contribution in [2.24, 2.45) is 11.8 Å². The first-order valence-electron chi connectivity index (χ1n) is 9.53. The van der Waals surface area contributed by atoms with Gasteiger partial charge in [0.05, 0.1) is 5.75 Å². The van der Waals surface area contributed by atoms with Crippen LogP contribution in [0, 0.1) is 11.8 Å². The Morgan fingerprint density at radius 1 is 1.12 bits per heavy atom. The fourth-order valence-corrected chi connectivity index (χ4v) is 4.75. The Bertz CT molecular complexity index is 761. The van der Waals surface area contributed by atoms with Gasteiger partial charge in [-0.3, -0.25) is 9.36 Å². The van der Waals surface area contributed by atoms with E-state index in [0.29, 0.717) is 23.5 Å². The lowest BCUT2D eigenvalue weighted by molar-refractivity contribution is -0.130. The van der Waals surface area contributed by atoms with Gasteiger partial charge in [-0.1, -0.05) is 43.8 Å². The van der Waals surface area contributed by atoms with Crippen LogP contribution in [0.15, 0.2) is 35.5 Å². The van der Waals surface area contributed by atoms with Crippen LogP contribution in [-0.4, -0.2) is 44.4 Å². The zero-order valence-electron chi connectivity index (χ0n) is 15.5. The monoisotopic (exact) mass is 370 g/mol. The molecule has 0 radical (unpaired) electrons. The predicted octanol–water partition coefficient (Wildman–Crippen LogP) is 3.74. The molecule has 138 valence electrons. The zero-order chi connectivity index (χ0) is 18.1. The minimum atomic E-state index is 0.212. The molecule has 5 nitrogen and oxygen atoms in total. The van der Waals surface area contributed by atoms with Crippen LogP contribution < -0.4 is 0 Å². The molecule has 0 bridgehead atoms. The Balaban J connectivity index is 1.49. The second-order valence-corrected chi connectivity index (χ2v) is 8.76. The molecule has 2 heterocycles. The number of carbonyl (C=O) groups excluding carboxylic acids is 1. The number of amides is 1. The van der Waals surface area contributed by atoms with Gasteiger partial charge in [0, 0.05) is 24.7 Å². The highest BCUT2D eigenvalue weighted by Crippen LogP contribution is 2.41. The highest BCUT2D eigenvalue weighted by molar-refractivity contribution is 7.99. The number of rotatable bonds is 5. The second kappa shape index (κ2) is 7.43. The molecule has 2 aromatic rings. The van der Waals surface area contributed by atoms with Crippen molar-refractivity contribution >= 4 is 17.7 Å². The fraction of sp³-hybridized carbons (Fsp3) is 0.550. The summed E-state index contributed by atoms with van der Waals surface area (Å²) in [5.74, 6) is 3.35. The highest BCUT2D eigenvalue weighted by atomic mass is 32.2. The molecule has 2 fully saturated rings. The first-order chi connectivity index (χ1) is 12.6. The van der Waals surface area contributed by atoms with Crippen molar-refractivity contribution in [3.63, 3.8) is 0 Å². The molecular formula is C20H26N4OS. The molecule has 26 heavy (non-hydrogen) atoms. The summed E-state index contributed by atoms with van der Waals surface area (Å²) in [6, 6.07) is 10.2. The van der Waals surface area contributed by atoms with Gasteiger partial charge in [-0.15, -0.1) is 10.2 Å². The average molecular weight is 371 g/mol. The van der Waals surface area contributed by atoms with E-state index in [1.165, 1.54) is 31.0 Å². The van der Waals surface area contributed by atoms with Crippen LogP contribution in [0.4, 0.5) is 0 Å². The minimum Gasteiger partial charge on any atom is -0.341 e. The van der Waals surface area contributed by atoms with Crippen LogP contribution in [0.1, 0.15) is 44.9 Å². The summed E-state index contributed by atoms with van der Waals surface area (Å²) in [4.78, 5) is 14.7. The topological polar surface area (TPSA) is 51.0 Å². The number of para-hydroxylation sites is 1. The van der Waals surface area contributed by atoms with Gasteiger partial charge in [-0.05, 0) is 43.2 Å². The third kappa shape index (κ3) is 3.80. The maximum atomic E-state index is 12.7. The van der Waals surface area contributed by atoms with Gasteiger partial charge in [0.15, 0.2) is 5.16 Å². The summed E-state index contributed by atoms with van der Waals surface area (Å²) in [7, 11) is 0. The van der Waals surface area contributed by atoms with Crippen molar-refractivity contribution in [2.75, 3.05) is 18.8 Å². The van der Waals surface area contributed by atoms with Crippen molar-refractivity contribution in [2.45, 2.75) is 44.2 Å². The van der Waals surface area contributed by atoms with E-state index >= 15 is 0 Å². The van der Waals surface area contributed by atoms with E-state index in [4.69, 9.17) is 0 Å². The summed E-state index contributed by atoms with van der Waals surface area (Å²) < 4.78 is 2.14. The standard InChI is InChI=1S/C20H26N4OS/c1-14-10-15(2)12-23(11-14)18(25)13-26-20-22-21-19(16-8-9-16)24(20)17-6-4-3-5-7-17/h3-7,14-16H,8-13H2,1-2H3. The summed E-state index contributed by atoms with van der Waals surface area (Å²) in [6.07, 6.45) is 3.57. The molecule has 1 aromatic carbocycles. The smallest absolute Gasteiger partial charge is 0.233 e. The van der Waals surface area contributed by atoms with E-state index in [2.05, 4.69) is 40.7 Å². The van der Waals surface area contributed by atoms with E-state index in [0.717, 1.165) is 29.8 Å². The largest absolute Gasteiger partial charge is 0.341 e. The molecule has 2 unspecified atom stereocenters. The number of benzene rings is 1. The van der Waals surface area contributed by atoms with Crippen LogP contribution in [0.5, 0.6) is 0 Å². The molecule has 4 rings (SSSR count). The minimum absolute atomic E-state index is 0.212. The third-order valence-corrected chi connectivity index (χ3v) is 6.08. The zero-order valence-corrected chi connectivity index (χ0v) is 16.3. The second-order valence-electron chi connectivity index (χ2n) is 7.82. The molecule has 6 heteroatoms. The van der Waals surface area contributed by atoms with Crippen molar-refractivity contribution in [3.8, 4) is 5.69 Å². The summed E-state index contributed by atoms with van der Waals surface area (Å²) in [5.41, 5.74) is 1.08. The number of hydrogen-bond acceptors (Lipinski definition) is 4. The predicted molar refractivity (Wildman–Crippen MR) is 104 cm³/mol. The molecule has 1 aliphatic heterocycles. The maximum Gasteiger partial charge on any atom is 0.233 e. The number of piperidine rings is 1. The lowest BCUT2D eigenvalue weighted by atomic mass is 9.92. The number of hydrogen-bond donors (Lipinski definition) is 0. The van der Waals surface area contributed by atoms with E-state index in [1.54, 1.807) is 0 Å². The first-order valence-corrected chi connectivity index (χ1v) is 10.5. The summed E-state index contributed by atoms with van der Waals surface area (Å²) in [5, 5.41) is 9.67. The number of aromatic nitrogens is 3. The van der Waals surface area contributed by atoms with Crippen molar-refractivity contribution in [1.82, 2.24) is 19.7 Å².